The summed E-state index contributed by atoms with van der Waals surface area (Å²) in [7, 11) is 0. The van der Waals surface area contributed by atoms with E-state index in [9.17, 15) is 9.90 Å². The molecule has 0 aliphatic carbocycles. The second-order valence-corrected chi connectivity index (χ2v) is 11.1. The monoisotopic (exact) mass is 452 g/mol. The molecule has 3 rings (SSSR count). The second kappa shape index (κ2) is 9.84. The summed E-state index contributed by atoms with van der Waals surface area (Å²) in [6.07, 6.45) is 2.79. The number of hydrogen-bond acceptors (Lipinski definition) is 4. The number of pyridine rings is 1. The Morgan fingerprint density at radius 2 is 1.70 bits per heavy atom. The Morgan fingerprint density at radius 3 is 2.24 bits per heavy atom. The lowest BCUT2D eigenvalue weighted by Crippen LogP contribution is -2.39. The van der Waals surface area contributed by atoms with Crippen molar-refractivity contribution >= 4 is 11.7 Å². The van der Waals surface area contributed by atoms with E-state index in [-0.39, 0.29) is 0 Å². The highest BCUT2D eigenvalue weighted by atomic mass is 16.5. The molecule has 0 radical (unpaired) electrons. The lowest BCUT2D eigenvalue weighted by atomic mass is 9.82. The van der Waals surface area contributed by atoms with E-state index >= 15 is 0 Å². The molecular weight excluding hydrogens is 412 g/mol. The number of aromatic nitrogens is 1. The highest BCUT2D eigenvalue weighted by Gasteiger charge is 2.36. The van der Waals surface area contributed by atoms with Crippen LogP contribution in [0.4, 0.5) is 5.69 Å². The SMILES string of the molecule is Cc1nc(C)c(C(OC(C)(C)C)C(=O)O)c(N2CCC(C)(C)CC2)c1CCc1ccccc1. The Hall–Kier alpha value is -2.40. The minimum atomic E-state index is -1.06. The zero-order valence-corrected chi connectivity index (χ0v) is 21.4. The van der Waals surface area contributed by atoms with Gasteiger partial charge in [0.05, 0.1) is 11.3 Å². The van der Waals surface area contributed by atoms with E-state index in [0.29, 0.717) is 11.0 Å². The molecule has 1 aromatic carbocycles. The fourth-order valence-electron chi connectivity index (χ4n) is 4.69. The molecule has 5 nitrogen and oxygen atoms in total. The van der Waals surface area contributed by atoms with E-state index in [4.69, 9.17) is 9.72 Å². The van der Waals surface area contributed by atoms with E-state index in [1.807, 2.05) is 33.8 Å². The largest absolute Gasteiger partial charge is 0.479 e. The minimum absolute atomic E-state index is 0.298. The van der Waals surface area contributed by atoms with Crippen LogP contribution < -0.4 is 4.90 Å². The lowest BCUT2D eigenvalue weighted by molar-refractivity contribution is -0.160. The number of rotatable bonds is 7. The van der Waals surface area contributed by atoms with E-state index in [2.05, 4.69) is 49.9 Å². The Labute approximate surface area is 199 Å². The molecule has 1 aliphatic rings. The van der Waals surface area contributed by atoms with Gasteiger partial charge in [0.1, 0.15) is 0 Å². The average molecular weight is 453 g/mol. The molecule has 1 N–H and O–H groups in total. The summed E-state index contributed by atoms with van der Waals surface area (Å²) in [6.45, 7) is 16.1. The number of carboxylic acids is 1. The number of hydrogen-bond donors (Lipinski definition) is 1. The van der Waals surface area contributed by atoms with Crippen LogP contribution in [0.25, 0.3) is 0 Å². The van der Waals surface area contributed by atoms with Gasteiger partial charge in [-0.05, 0) is 76.8 Å². The first kappa shape index (κ1) is 25.2. The summed E-state index contributed by atoms with van der Waals surface area (Å²) in [6, 6.07) is 10.4. The van der Waals surface area contributed by atoms with E-state index < -0.39 is 17.7 Å². The van der Waals surface area contributed by atoms with Gasteiger partial charge in [0.25, 0.3) is 0 Å². The van der Waals surface area contributed by atoms with E-state index in [1.165, 1.54) is 5.56 Å². The van der Waals surface area contributed by atoms with Gasteiger partial charge in [-0.15, -0.1) is 0 Å². The normalized spacial score (nSPS) is 17.1. The molecular formula is C28H40N2O3. The van der Waals surface area contributed by atoms with Crippen molar-refractivity contribution in [1.29, 1.82) is 0 Å². The van der Waals surface area contributed by atoms with Crippen molar-refractivity contribution in [2.45, 2.75) is 85.9 Å². The van der Waals surface area contributed by atoms with Crippen molar-refractivity contribution in [3.05, 3.63) is 58.4 Å². The standard InChI is InChI=1S/C28H40N2O3/c1-19-22(14-13-21-11-9-8-10-12-21)24(30-17-15-28(6,7)16-18-30)23(20(2)29-19)25(26(31)32)33-27(3,4)5/h8-12,25H,13-18H2,1-7H3,(H,31,32). The number of ether oxygens (including phenoxy) is 1. The fourth-order valence-corrected chi connectivity index (χ4v) is 4.69. The molecule has 33 heavy (non-hydrogen) atoms. The number of carboxylic acid groups (broad SMARTS) is 1. The van der Waals surface area contributed by atoms with Crippen molar-refractivity contribution in [3.63, 3.8) is 0 Å². The molecule has 1 saturated heterocycles. The van der Waals surface area contributed by atoms with Crippen molar-refractivity contribution in [1.82, 2.24) is 4.98 Å². The van der Waals surface area contributed by atoms with Crippen LogP contribution in [0.15, 0.2) is 30.3 Å². The Bertz CT molecular complexity index is 967. The third-order valence-electron chi connectivity index (χ3n) is 6.60. The van der Waals surface area contributed by atoms with Crippen molar-refractivity contribution in [2.75, 3.05) is 18.0 Å². The third kappa shape index (κ3) is 6.35. The van der Waals surface area contributed by atoms with Crippen LogP contribution in [0.1, 0.15) is 81.6 Å². The molecule has 2 heterocycles. The smallest absolute Gasteiger partial charge is 0.337 e. The summed E-state index contributed by atoms with van der Waals surface area (Å²) in [5.74, 6) is -0.966. The summed E-state index contributed by atoms with van der Waals surface area (Å²) in [4.78, 5) is 19.7. The van der Waals surface area contributed by atoms with Gasteiger partial charge >= 0.3 is 5.97 Å². The predicted octanol–water partition coefficient (Wildman–Crippen LogP) is 6.05. The maximum absolute atomic E-state index is 12.5. The Kier molecular flexibility index (Phi) is 7.52. The molecule has 1 atom stereocenters. The molecule has 0 amide bonds. The van der Waals surface area contributed by atoms with Crippen LogP contribution >= 0.6 is 0 Å². The van der Waals surface area contributed by atoms with Gasteiger partial charge in [0, 0.05) is 30.0 Å². The number of aliphatic carboxylic acids is 1. The van der Waals surface area contributed by atoms with Crippen molar-refractivity contribution in [3.8, 4) is 0 Å². The van der Waals surface area contributed by atoms with Gasteiger partial charge < -0.3 is 14.7 Å². The molecule has 0 bridgehead atoms. The quantitative estimate of drug-likeness (QED) is 0.554. The van der Waals surface area contributed by atoms with Gasteiger partial charge in [0.2, 0.25) is 0 Å². The second-order valence-electron chi connectivity index (χ2n) is 11.1. The maximum Gasteiger partial charge on any atom is 0.337 e. The van der Waals surface area contributed by atoms with Gasteiger partial charge in [0.15, 0.2) is 6.10 Å². The molecule has 0 spiro atoms. The summed E-state index contributed by atoms with van der Waals surface area (Å²) >= 11 is 0. The number of benzene rings is 1. The van der Waals surface area contributed by atoms with Crippen molar-refractivity contribution < 1.29 is 14.6 Å². The molecule has 180 valence electrons. The minimum Gasteiger partial charge on any atom is -0.479 e. The fraction of sp³-hybridized carbons (Fsp3) is 0.571. The molecule has 0 saturated carbocycles. The van der Waals surface area contributed by atoms with Crippen LogP contribution in [-0.2, 0) is 22.4 Å². The highest BCUT2D eigenvalue weighted by Crippen LogP contribution is 2.41. The Balaban J connectivity index is 2.13. The average Bonchev–Trinajstić information content (AvgIpc) is 2.71. The zero-order chi connectivity index (χ0) is 24.4. The van der Waals surface area contributed by atoms with Crippen LogP contribution in [0, 0.1) is 19.3 Å². The number of aryl methyl sites for hydroxylation is 3. The number of nitrogens with zero attached hydrogens (tertiary/aromatic N) is 2. The maximum atomic E-state index is 12.5. The van der Waals surface area contributed by atoms with Crippen LogP contribution in [0.3, 0.4) is 0 Å². The van der Waals surface area contributed by atoms with Gasteiger partial charge in [-0.1, -0.05) is 44.2 Å². The highest BCUT2D eigenvalue weighted by molar-refractivity contribution is 5.79. The molecule has 1 fully saturated rings. The topological polar surface area (TPSA) is 62.7 Å². The van der Waals surface area contributed by atoms with Crippen molar-refractivity contribution in [2.24, 2.45) is 5.41 Å². The van der Waals surface area contributed by atoms with Crippen LogP contribution in [-0.4, -0.2) is 34.8 Å². The molecule has 1 unspecified atom stereocenters. The van der Waals surface area contributed by atoms with Gasteiger partial charge in [-0.25, -0.2) is 4.79 Å². The van der Waals surface area contributed by atoms with E-state index in [0.717, 1.165) is 61.4 Å². The Morgan fingerprint density at radius 1 is 1.09 bits per heavy atom. The lowest BCUT2D eigenvalue weighted by Gasteiger charge is -2.41. The van der Waals surface area contributed by atoms with E-state index in [1.54, 1.807) is 0 Å². The first-order valence-electron chi connectivity index (χ1n) is 12.1. The van der Waals surface area contributed by atoms with Crippen LogP contribution in [0.5, 0.6) is 0 Å². The van der Waals surface area contributed by atoms with Gasteiger partial charge in [-0.2, -0.15) is 0 Å². The van der Waals surface area contributed by atoms with Crippen LogP contribution in [0.2, 0.25) is 0 Å². The molecule has 1 aliphatic heterocycles. The third-order valence-corrected chi connectivity index (χ3v) is 6.60. The van der Waals surface area contributed by atoms with Gasteiger partial charge in [-0.3, -0.25) is 4.98 Å². The first-order chi connectivity index (χ1) is 15.4. The first-order valence-corrected chi connectivity index (χ1v) is 12.1. The molecule has 5 heteroatoms. The predicted molar refractivity (Wildman–Crippen MR) is 134 cm³/mol. The zero-order valence-electron chi connectivity index (χ0n) is 21.4. The summed E-state index contributed by atoms with van der Waals surface area (Å²) in [5.41, 5.74) is 5.58. The summed E-state index contributed by atoms with van der Waals surface area (Å²) in [5, 5.41) is 10.2. The molecule has 2 aromatic rings. The number of carbonyl (C=O) groups is 1. The molecule has 1 aromatic heterocycles. The number of anilines is 1. The number of piperidine rings is 1. The summed E-state index contributed by atoms with van der Waals surface area (Å²) < 4.78 is 6.13.